The average molecular weight is 428 g/mol. The molecule has 0 saturated carbocycles. The normalized spacial score (nSPS) is 19.6. The summed E-state index contributed by atoms with van der Waals surface area (Å²) < 4.78 is 12.4. The molecule has 0 aliphatic carbocycles. The first-order valence-electron chi connectivity index (χ1n) is 9.59. The Morgan fingerprint density at radius 3 is 2.81 bits per heavy atom. The van der Waals surface area contributed by atoms with Crippen LogP contribution in [0.3, 0.4) is 0 Å². The number of esters is 1. The molecule has 1 aliphatic rings. The SMILES string of the molecule is CC(C)(C)OC(=O)[C@H](O)[C@H]1OC(C)(C)CN(c2ccn(-c3cnnc(C#N)c3)n2)C1=O. The molecule has 0 radical (unpaired) electrons. The Morgan fingerprint density at radius 1 is 1.45 bits per heavy atom. The summed E-state index contributed by atoms with van der Waals surface area (Å²) in [6.45, 7) is 8.62. The van der Waals surface area contributed by atoms with Crippen LogP contribution in [0.5, 0.6) is 0 Å². The van der Waals surface area contributed by atoms with E-state index >= 15 is 0 Å². The fraction of sp³-hybridized carbons (Fsp3) is 0.500. The van der Waals surface area contributed by atoms with Crippen molar-refractivity contribution in [1.29, 1.82) is 5.26 Å². The minimum absolute atomic E-state index is 0.124. The number of rotatable bonds is 4. The summed E-state index contributed by atoms with van der Waals surface area (Å²) in [5.41, 5.74) is -1.08. The fourth-order valence-corrected chi connectivity index (χ4v) is 3.06. The van der Waals surface area contributed by atoms with Crippen LogP contribution in [0.1, 0.15) is 40.3 Å². The third-order valence-corrected chi connectivity index (χ3v) is 4.30. The Hall–Kier alpha value is -3.36. The quantitative estimate of drug-likeness (QED) is 0.697. The molecule has 0 unspecified atom stereocenters. The molecule has 1 saturated heterocycles. The van der Waals surface area contributed by atoms with Gasteiger partial charge in [0.1, 0.15) is 11.7 Å². The zero-order valence-electron chi connectivity index (χ0n) is 17.9. The monoisotopic (exact) mass is 428 g/mol. The summed E-state index contributed by atoms with van der Waals surface area (Å²) in [6, 6.07) is 5.01. The molecule has 1 amide bonds. The number of hydrogen-bond donors (Lipinski definition) is 1. The molecule has 3 rings (SSSR count). The number of anilines is 1. The maximum atomic E-state index is 13.1. The first-order chi connectivity index (χ1) is 14.4. The predicted octanol–water partition coefficient (Wildman–Crippen LogP) is 0.747. The van der Waals surface area contributed by atoms with Crippen molar-refractivity contribution in [2.75, 3.05) is 11.4 Å². The minimum atomic E-state index is -1.79. The molecule has 1 aliphatic heterocycles. The van der Waals surface area contributed by atoms with Crippen LogP contribution in [0.25, 0.3) is 5.69 Å². The number of ether oxygens (including phenoxy) is 2. The lowest BCUT2D eigenvalue weighted by Crippen LogP contribution is -2.61. The Morgan fingerprint density at radius 2 is 2.16 bits per heavy atom. The van der Waals surface area contributed by atoms with Crippen LogP contribution < -0.4 is 4.90 Å². The van der Waals surface area contributed by atoms with E-state index < -0.39 is 35.3 Å². The molecule has 11 nitrogen and oxygen atoms in total. The van der Waals surface area contributed by atoms with Crippen LogP contribution in [0, 0.1) is 11.3 Å². The summed E-state index contributed by atoms with van der Waals surface area (Å²) in [5.74, 6) is -1.27. The number of hydrogen-bond acceptors (Lipinski definition) is 9. The minimum Gasteiger partial charge on any atom is -0.458 e. The van der Waals surface area contributed by atoms with E-state index in [1.54, 1.807) is 46.9 Å². The van der Waals surface area contributed by atoms with E-state index in [1.165, 1.54) is 21.8 Å². The van der Waals surface area contributed by atoms with Gasteiger partial charge in [0.25, 0.3) is 5.91 Å². The number of carbonyl (C=O) groups is 2. The van der Waals surface area contributed by atoms with Crippen molar-refractivity contribution in [3.63, 3.8) is 0 Å². The molecular weight excluding hydrogens is 404 g/mol. The molecule has 31 heavy (non-hydrogen) atoms. The number of carbonyl (C=O) groups excluding carboxylic acids is 2. The third kappa shape index (κ3) is 5.04. The van der Waals surface area contributed by atoms with E-state index in [9.17, 15) is 14.7 Å². The highest BCUT2D eigenvalue weighted by Gasteiger charge is 2.47. The highest BCUT2D eigenvalue weighted by atomic mass is 16.6. The van der Waals surface area contributed by atoms with Gasteiger partial charge in [-0.3, -0.25) is 9.69 Å². The summed E-state index contributed by atoms with van der Waals surface area (Å²) in [7, 11) is 0. The van der Waals surface area contributed by atoms with Crippen molar-refractivity contribution in [3.8, 4) is 11.8 Å². The Labute approximate surface area is 179 Å². The van der Waals surface area contributed by atoms with E-state index in [0.29, 0.717) is 5.69 Å². The largest absolute Gasteiger partial charge is 0.458 e. The van der Waals surface area contributed by atoms with Gasteiger partial charge in [0.05, 0.1) is 24.0 Å². The first-order valence-corrected chi connectivity index (χ1v) is 9.59. The molecule has 2 aromatic rings. The number of nitrogens with zero attached hydrogens (tertiary/aromatic N) is 6. The van der Waals surface area contributed by atoms with Crippen molar-refractivity contribution in [3.05, 3.63) is 30.2 Å². The number of amides is 1. The zero-order valence-corrected chi connectivity index (χ0v) is 17.9. The van der Waals surface area contributed by atoms with Crippen molar-refractivity contribution < 1.29 is 24.2 Å². The number of aliphatic hydroxyl groups is 1. The van der Waals surface area contributed by atoms with Crippen molar-refractivity contribution >= 4 is 17.7 Å². The van der Waals surface area contributed by atoms with E-state index in [0.717, 1.165) is 0 Å². The van der Waals surface area contributed by atoms with Gasteiger partial charge in [-0.1, -0.05) is 0 Å². The van der Waals surface area contributed by atoms with Gasteiger partial charge in [0.2, 0.25) is 0 Å². The molecule has 2 aromatic heterocycles. The van der Waals surface area contributed by atoms with Gasteiger partial charge in [0.15, 0.2) is 23.7 Å². The van der Waals surface area contributed by atoms with Gasteiger partial charge in [-0.2, -0.15) is 10.4 Å². The lowest BCUT2D eigenvalue weighted by molar-refractivity contribution is -0.188. The molecule has 1 fully saturated rings. The molecule has 11 heteroatoms. The Bertz CT molecular complexity index is 1040. The summed E-state index contributed by atoms with van der Waals surface area (Å²) in [6.07, 6.45) is -0.213. The summed E-state index contributed by atoms with van der Waals surface area (Å²) in [5, 5.41) is 31.3. The molecule has 2 atom stereocenters. The molecule has 1 N–H and O–H groups in total. The topological polar surface area (TPSA) is 143 Å². The van der Waals surface area contributed by atoms with Gasteiger partial charge >= 0.3 is 5.97 Å². The number of aliphatic hydroxyl groups excluding tert-OH is 1. The van der Waals surface area contributed by atoms with Crippen LogP contribution in [-0.4, -0.2) is 66.9 Å². The van der Waals surface area contributed by atoms with E-state index in [2.05, 4.69) is 15.3 Å². The van der Waals surface area contributed by atoms with Gasteiger partial charge in [0, 0.05) is 18.3 Å². The maximum absolute atomic E-state index is 13.1. The van der Waals surface area contributed by atoms with Gasteiger partial charge in [-0.05, 0) is 34.6 Å². The zero-order chi connectivity index (χ0) is 23.0. The van der Waals surface area contributed by atoms with Gasteiger partial charge in [-0.25, -0.2) is 9.48 Å². The predicted molar refractivity (Wildman–Crippen MR) is 107 cm³/mol. The smallest absolute Gasteiger partial charge is 0.338 e. The standard InChI is InChI=1S/C20H24N6O5/c1-19(2,3)31-18(29)15(27)16-17(28)25(11-20(4,5)30-16)14-6-7-26(24-14)13-8-12(9-21)23-22-10-13/h6-8,10,15-16,27H,11H2,1-5H3/t15-,16-/m1/s1. The van der Waals surface area contributed by atoms with E-state index in [1.807, 2.05) is 6.07 Å². The highest BCUT2D eigenvalue weighted by Crippen LogP contribution is 2.28. The fourth-order valence-electron chi connectivity index (χ4n) is 3.06. The maximum Gasteiger partial charge on any atom is 0.338 e. The van der Waals surface area contributed by atoms with Crippen molar-refractivity contribution in [2.45, 2.75) is 58.0 Å². The Balaban J connectivity index is 1.87. The van der Waals surface area contributed by atoms with Gasteiger partial charge in [-0.15, -0.1) is 10.2 Å². The lowest BCUT2D eigenvalue weighted by Gasteiger charge is -2.42. The third-order valence-electron chi connectivity index (χ3n) is 4.30. The number of aromatic nitrogens is 4. The van der Waals surface area contributed by atoms with Crippen LogP contribution in [-0.2, 0) is 19.1 Å². The number of morpholine rings is 1. The van der Waals surface area contributed by atoms with Crippen LogP contribution >= 0.6 is 0 Å². The van der Waals surface area contributed by atoms with E-state index in [-0.39, 0.29) is 18.1 Å². The summed E-state index contributed by atoms with van der Waals surface area (Å²) in [4.78, 5) is 26.8. The molecule has 164 valence electrons. The van der Waals surface area contributed by atoms with Crippen LogP contribution in [0.2, 0.25) is 0 Å². The van der Waals surface area contributed by atoms with Crippen LogP contribution in [0.15, 0.2) is 24.5 Å². The van der Waals surface area contributed by atoms with Crippen molar-refractivity contribution in [1.82, 2.24) is 20.0 Å². The second-order valence-electron chi connectivity index (χ2n) is 8.73. The molecular formula is C20H24N6O5. The molecule has 3 heterocycles. The Kier molecular flexibility index (Phi) is 5.80. The summed E-state index contributed by atoms with van der Waals surface area (Å²) >= 11 is 0. The van der Waals surface area contributed by atoms with Crippen molar-refractivity contribution in [2.24, 2.45) is 0 Å². The second kappa shape index (κ2) is 8.05. The number of nitriles is 1. The lowest BCUT2D eigenvalue weighted by atomic mass is 10.0. The second-order valence-corrected chi connectivity index (χ2v) is 8.73. The molecule has 0 bridgehead atoms. The first kappa shape index (κ1) is 22.3. The molecule has 0 spiro atoms. The van der Waals surface area contributed by atoms with Gasteiger partial charge < -0.3 is 14.6 Å². The van der Waals surface area contributed by atoms with E-state index in [4.69, 9.17) is 14.7 Å². The average Bonchev–Trinajstić information content (AvgIpc) is 3.17. The highest BCUT2D eigenvalue weighted by molar-refractivity contribution is 6.00. The molecule has 0 aromatic carbocycles. The van der Waals surface area contributed by atoms with Crippen LogP contribution in [0.4, 0.5) is 5.82 Å².